The Hall–Kier alpha value is -1.61. The summed E-state index contributed by atoms with van der Waals surface area (Å²) in [5.41, 5.74) is 0.949. The first-order valence-corrected chi connectivity index (χ1v) is 6.40. The maximum atomic E-state index is 12.2. The Bertz CT molecular complexity index is 478. The lowest BCUT2D eigenvalue weighted by atomic mass is 9.80. The van der Waals surface area contributed by atoms with E-state index in [4.69, 9.17) is 9.47 Å². The van der Waals surface area contributed by atoms with Crippen molar-refractivity contribution in [1.29, 1.82) is 0 Å². The van der Waals surface area contributed by atoms with Crippen LogP contribution in [0.2, 0.25) is 0 Å². The van der Waals surface area contributed by atoms with Gasteiger partial charge in [-0.25, -0.2) is 4.79 Å². The number of cyclic esters (lactones) is 1. The number of rotatable bonds is 2. The molecule has 2 aliphatic rings. The molecule has 0 amide bonds. The molecule has 3 heteroatoms. The zero-order chi connectivity index (χ0) is 12.4. The number of allylic oxidation sites excluding steroid dienone is 1. The van der Waals surface area contributed by atoms with Crippen molar-refractivity contribution in [2.75, 3.05) is 6.79 Å². The van der Waals surface area contributed by atoms with Crippen LogP contribution in [-0.4, -0.2) is 12.8 Å². The molecule has 1 heterocycles. The fourth-order valence-electron chi connectivity index (χ4n) is 2.77. The van der Waals surface area contributed by atoms with Crippen molar-refractivity contribution < 1.29 is 14.3 Å². The summed E-state index contributed by atoms with van der Waals surface area (Å²) < 4.78 is 10.8. The van der Waals surface area contributed by atoms with Crippen LogP contribution in [0.1, 0.15) is 31.2 Å². The summed E-state index contributed by atoms with van der Waals surface area (Å²) >= 11 is 0. The molecule has 1 aromatic carbocycles. The molecule has 94 valence electrons. The quantitative estimate of drug-likeness (QED) is 0.592. The van der Waals surface area contributed by atoms with E-state index in [1.165, 1.54) is 6.42 Å². The first kappa shape index (κ1) is 11.5. The summed E-state index contributed by atoms with van der Waals surface area (Å²) in [7, 11) is 0. The molecule has 1 saturated heterocycles. The Morgan fingerprint density at radius 1 is 1.11 bits per heavy atom. The van der Waals surface area contributed by atoms with Gasteiger partial charge in [-0.3, -0.25) is 0 Å². The molecule has 1 atom stereocenters. The van der Waals surface area contributed by atoms with E-state index in [0.717, 1.165) is 30.4 Å². The third-order valence-electron chi connectivity index (χ3n) is 3.68. The van der Waals surface area contributed by atoms with Crippen molar-refractivity contribution >= 4 is 5.97 Å². The monoisotopic (exact) mass is 244 g/mol. The fraction of sp³-hybridized carbons (Fsp3) is 0.400. The number of carbonyl (C=O) groups is 1. The molecule has 1 aromatic rings. The van der Waals surface area contributed by atoms with Crippen LogP contribution in [0.3, 0.4) is 0 Å². The molecular formula is C15H16O3. The Labute approximate surface area is 106 Å². The zero-order valence-corrected chi connectivity index (χ0v) is 10.2. The molecule has 3 nitrogen and oxygen atoms in total. The van der Waals surface area contributed by atoms with Crippen LogP contribution in [0.25, 0.3) is 0 Å². The van der Waals surface area contributed by atoms with Gasteiger partial charge in [0, 0.05) is 0 Å². The van der Waals surface area contributed by atoms with E-state index in [1.807, 2.05) is 30.3 Å². The predicted octanol–water partition coefficient (Wildman–Crippen LogP) is 2.91. The van der Waals surface area contributed by atoms with Gasteiger partial charge in [0.25, 0.3) is 0 Å². The fourth-order valence-corrected chi connectivity index (χ4v) is 2.77. The van der Waals surface area contributed by atoms with Gasteiger partial charge in [0.1, 0.15) is 0 Å². The summed E-state index contributed by atoms with van der Waals surface area (Å²) in [6.45, 7) is 0.0467. The van der Waals surface area contributed by atoms with E-state index in [9.17, 15) is 4.79 Å². The van der Waals surface area contributed by atoms with Crippen molar-refractivity contribution in [2.45, 2.75) is 31.3 Å². The lowest BCUT2D eigenvalue weighted by Crippen LogP contribution is -2.36. The minimum absolute atomic E-state index is 0.0467. The average Bonchev–Trinajstić information content (AvgIpc) is 2.84. The van der Waals surface area contributed by atoms with Crippen LogP contribution in [0.4, 0.5) is 0 Å². The molecule has 0 saturated carbocycles. The van der Waals surface area contributed by atoms with Crippen molar-refractivity contribution in [3.63, 3.8) is 0 Å². The molecule has 1 fully saturated rings. The van der Waals surface area contributed by atoms with E-state index < -0.39 is 5.60 Å². The lowest BCUT2D eigenvalue weighted by molar-refractivity contribution is -0.142. The topological polar surface area (TPSA) is 35.5 Å². The number of ether oxygens (including phenoxy) is 2. The van der Waals surface area contributed by atoms with Crippen LogP contribution in [0.15, 0.2) is 42.0 Å². The third-order valence-corrected chi connectivity index (χ3v) is 3.68. The molecule has 1 aliphatic heterocycles. The average molecular weight is 244 g/mol. The van der Waals surface area contributed by atoms with Crippen LogP contribution in [0, 0.1) is 0 Å². The number of hydrogen-bond donors (Lipinski definition) is 0. The van der Waals surface area contributed by atoms with Gasteiger partial charge in [0.15, 0.2) is 6.79 Å². The van der Waals surface area contributed by atoms with Crippen molar-refractivity contribution in [2.24, 2.45) is 0 Å². The standard InChI is InChI=1S/C15H16O3/c16-14-15(18-11-17-14,12-7-3-1-4-8-12)13-9-5-2-6-10-13/h1,3-4,7-9H,2,5-6,10-11H2. The van der Waals surface area contributed by atoms with Crippen molar-refractivity contribution in [3.05, 3.63) is 47.5 Å². The van der Waals surface area contributed by atoms with Crippen molar-refractivity contribution in [1.82, 2.24) is 0 Å². The molecule has 0 radical (unpaired) electrons. The molecule has 0 bridgehead atoms. The zero-order valence-electron chi connectivity index (χ0n) is 10.2. The maximum Gasteiger partial charge on any atom is 0.349 e. The minimum Gasteiger partial charge on any atom is -0.436 e. The molecule has 0 aromatic heterocycles. The third kappa shape index (κ3) is 1.66. The first-order chi connectivity index (χ1) is 8.84. The summed E-state index contributed by atoms with van der Waals surface area (Å²) in [5.74, 6) is -0.276. The van der Waals surface area contributed by atoms with Gasteiger partial charge < -0.3 is 9.47 Å². The molecule has 0 N–H and O–H groups in total. The second-order valence-corrected chi connectivity index (χ2v) is 4.72. The van der Waals surface area contributed by atoms with Crippen LogP contribution in [0.5, 0.6) is 0 Å². The van der Waals surface area contributed by atoms with Gasteiger partial charge in [-0.15, -0.1) is 0 Å². The Morgan fingerprint density at radius 3 is 2.56 bits per heavy atom. The molecule has 0 spiro atoms. The second kappa shape index (κ2) is 4.58. The molecule has 1 unspecified atom stereocenters. The largest absolute Gasteiger partial charge is 0.436 e. The maximum absolute atomic E-state index is 12.2. The summed E-state index contributed by atoms with van der Waals surface area (Å²) in [6.07, 6.45) is 6.36. The van der Waals surface area contributed by atoms with Gasteiger partial charge in [-0.05, 0) is 36.8 Å². The normalized spacial score (nSPS) is 27.8. The number of carbonyl (C=O) groups excluding carboxylic acids is 1. The van der Waals surface area contributed by atoms with Gasteiger partial charge in [-0.2, -0.15) is 0 Å². The number of esters is 1. The molecular weight excluding hydrogens is 228 g/mol. The van der Waals surface area contributed by atoms with Gasteiger partial charge in [0.2, 0.25) is 5.60 Å². The van der Waals surface area contributed by atoms with E-state index in [0.29, 0.717) is 0 Å². The summed E-state index contributed by atoms with van der Waals surface area (Å²) in [4.78, 5) is 12.2. The van der Waals surface area contributed by atoms with E-state index in [2.05, 4.69) is 6.08 Å². The SMILES string of the molecule is O=C1OCOC1(C1=CCCCC1)c1ccccc1. The Kier molecular flexibility index (Phi) is 2.92. The molecule has 18 heavy (non-hydrogen) atoms. The van der Waals surface area contributed by atoms with Gasteiger partial charge in [0.05, 0.1) is 0 Å². The van der Waals surface area contributed by atoms with Gasteiger partial charge >= 0.3 is 5.97 Å². The highest BCUT2D eigenvalue weighted by Gasteiger charge is 2.50. The number of hydrogen-bond acceptors (Lipinski definition) is 3. The van der Waals surface area contributed by atoms with E-state index >= 15 is 0 Å². The molecule has 1 aliphatic carbocycles. The van der Waals surface area contributed by atoms with Crippen LogP contribution < -0.4 is 0 Å². The lowest BCUT2D eigenvalue weighted by Gasteiger charge is -2.29. The highest BCUT2D eigenvalue weighted by Crippen LogP contribution is 2.42. The van der Waals surface area contributed by atoms with Crippen LogP contribution >= 0.6 is 0 Å². The van der Waals surface area contributed by atoms with Crippen LogP contribution in [-0.2, 0) is 19.9 Å². The van der Waals surface area contributed by atoms with Gasteiger partial charge in [-0.1, -0.05) is 36.4 Å². The minimum atomic E-state index is -0.984. The predicted molar refractivity (Wildman–Crippen MR) is 66.7 cm³/mol. The summed E-state index contributed by atoms with van der Waals surface area (Å²) in [5, 5.41) is 0. The Morgan fingerprint density at radius 2 is 1.94 bits per heavy atom. The Balaban J connectivity index is 2.10. The first-order valence-electron chi connectivity index (χ1n) is 6.40. The van der Waals surface area contributed by atoms with E-state index in [1.54, 1.807) is 0 Å². The smallest absolute Gasteiger partial charge is 0.349 e. The number of benzene rings is 1. The summed E-state index contributed by atoms with van der Waals surface area (Å²) in [6, 6.07) is 9.65. The second-order valence-electron chi connectivity index (χ2n) is 4.72. The highest BCUT2D eigenvalue weighted by atomic mass is 16.7. The van der Waals surface area contributed by atoms with Crippen molar-refractivity contribution in [3.8, 4) is 0 Å². The molecule has 3 rings (SSSR count). The van der Waals surface area contributed by atoms with E-state index in [-0.39, 0.29) is 12.8 Å². The highest BCUT2D eigenvalue weighted by molar-refractivity contribution is 5.86.